The summed E-state index contributed by atoms with van der Waals surface area (Å²) in [6, 6.07) is 17.0. The molecule has 4 nitrogen and oxygen atoms in total. The highest BCUT2D eigenvalue weighted by Crippen LogP contribution is 2.19. The Kier molecular flexibility index (Phi) is 8.74. The first-order valence-corrected chi connectivity index (χ1v) is 11.1. The third-order valence-corrected chi connectivity index (χ3v) is 5.46. The van der Waals surface area contributed by atoms with Crippen LogP contribution in [0.3, 0.4) is 0 Å². The average Bonchev–Trinajstić information content (AvgIpc) is 2.80. The molecule has 0 spiro atoms. The maximum absolute atomic E-state index is 13.2. The Bertz CT molecular complexity index is 1200. The van der Waals surface area contributed by atoms with Gasteiger partial charge in [-0.3, -0.25) is 4.79 Å². The number of pyridine rings is 1. The number of hydrogen-bond donors (Lipinski definition) is 1. The van der Waals surface area contributed by atoms with Crippen LogP contribution in [0.25, 0.3) is 10.9 Å². The van der Waals surface area contributed by atoms with Crippen LogP contribution in [-0.4, -0.2) is 17.7 Å². The van der Waals surface area contributed by atoms with Gasteiger partial charge in [-0.2, -0.15) is 0 Å². The lowest BCUT2D eigenvalue weighted by molar-refractivity contribution is 0.298. The number of para-hydroxylation sites is 1. The van der Waals surface area contributed by atoms with Crippen molar-refractivity contribution in [2.45, 2.75) is 20.0 Å². The maximum Gasteiger partial charge on any atom is 0.255 e. The normalized spacial score (nSPS) is 11.9. The molecule has 166 valence electrons. The molecule has 0 amide bonds. The van der Waals surface area contributed by atoms with Crippen molar-refractivity contribution in [2.75, 3.05) is 13.2 Å². The van der Waals surface area contributed by atoms with Gasteiger partial charge in [-0.25, -0.2) is 0 Å². The second-order valence-electron chi connectivity index (χ2n) is 7.26. The van der Waals surface area contributed by atoms with Crippen LogP contribution in [0.4, 0.5) is 0 Å². The summed E-state index contributed by atoms with van der Waals surface area (Å²) < 4.78 is 7.53. The third-order valence-electron chi connectivity index (χ3n) is 4.88. The summed E-state index contributed by atoms with van der Waals surface area (Å²) >= 11 is 12.2. The van der Waals surface area contributed by atoms with Crippen LogP contribution in [0.1, 0.15) is 12.5 Å². The van der Waals surface area contributed by atoms with Gasteiger partial charge in [0, 0.05) is 28.7 Å². The zero-order valence-electron chi connectivity index (χ0n) is 18.0. The smallest absolute Gasteiger partial charge is 0.255 e. The molecule has 3 aromatic rings. The van der Waals surface area contributed by atoms with Gasteiger partial charge in [-0.15, -0.1) is 0 Å². The Balaban J connectivity index is 1.76. The third kappa shape index (κ3) is 6.60. The fourth-order valence-corrected chi connectivity index (χ4v) is 3.46. The molecule has 0 saturated carbocycles. The zero-order valence-corrected chi connectivity index (χ0v) is 19.5. The van der Waals surface area contributed by atoms with Gasteiger partial charge in [-0.1, -0.05) is 66.2 Å². The van der Waals surface area contributed by atoms with E-state index in [1.54, 1.807) is 10.6 Å². The average molecular weight is 469 g/mol. The van der Waals surface area contributed by atoms with Gasteiger partial charge in [0.15, 0.2) is 0 Å². The minimum atomic E-state index is -0.0676. The molecule has 0 radical (unpaired) electrons. The topological polar surface area (TPSA) is 43.3 Å². The number of halogens is 2. The lowest BCUT2D eigenvalue weighted by Gasteiger charge is -2.14. The maximum atomic E-state index is 13.2. The first-order valence-electron chi connectivity index (χ1n) is 10.4. The quantitative estimate of drug-likeness (QED) is 0.366. The molecular formula is C26H26Cl2N2O2. The summed E-state index contributed by atoms with van der Waals surface area (Å²) in [6.07, 6.45) is 5.46. The van der Waals surface area contributed by atoms with E-state index in [1.165, 1.54) is 0 Å². The molecule has 0 unspecified atom stereocenters. The Morgan fingerprint density at radius 2 is 1.94 bits per heavy atom. The summed E-state index contributed by atoms with van der Waals surface area (Å²) in [5.74, 6) is 0.769. The number of benzene rings is 2. The van der Waals surface area contributed by atoms with Crippen molar-refractivity contribution < 1.29 is 4.74 Å². The second-order valence-corrected chi connectivity index (χ2v) is 8.13. The van der Waals surface area contributed by atoms with Gasteiger partial charge in [0.1, 0.15) is 12.4 Å². The van der Waals surface area contributed by atoms with Gasteiger partial charge in [0.2, 0.25) is 0 Å². The number of rotatable bonds is 10. The molecule has 3 rings (SSSR count). The highest BCUT2D eigenvalue weighted by atomic mass is 35.5. The molecule has 0 aliphatic rings. The van der Waals surface area contributed by atoms with Crippen molar-refractivity contribution in [3.05, 3.63) is 111 Å². The van der Waals surface area contributed by atoms with Gasteiger partial charge in [-0.05, 0) is 54.3 Å². The predicted octanol–water partition coefficient (Wildman–Crippen LogP) is 6.08. The highest BCUT2D eigenvalue weighted by molar-refractivity contribution is 6.31. The molecule has 1 N–H and O–H groups in total. The molecule has 0 saturated heterocycles. The van der Waals surface area contributed by atoms with Crippen molar-refractivity contribution in [2.24, 2.45) is 0 Å². The van der Waals surface area contributed by atoms with Crippen LogP contribution in [-0.2, 0) is 13.1 Å². The van der Waals surface area contributed by atoms with Crippen LogP contribution >= 0.6 is 23.2 Å². The van der Waals surface area contributed by atoms with Gasteiger partial charge >= 0.3 is 0 Å². The monoisotopic (exact) mass is 468 g/mol. The van der Waals surface area contributed by atoms with Crippen molar-refractivity contribution >= 4 is 34.1 Å². The number of fused-ring (bicyclic) bond motifs is 1. The standard InChI is InChI=1S/C26H26Cl2N2O2/c1-3-22(27)11-9-19(2)17-29-18-21-15-20-10-12-23(28)16-25(20)30(26(21)31)13-14-32-24-7-5-4-6-8-24/h3-12,15-16,29H,2,13-14,17-18H2,1H3/b11-9-,22-3+. The summed E-state index contributed by atoms with van der Waals surface area (Å²) in [5.41, 5.74) is 2.26. The van der Waals surface area contributed by atoms with Crippen molar-refractivity contribution in [1.82, 2.24) is 9.88 Å². The molecule has 0 atom stereocenters. The molecule has 1 aromatic heterocycles. The summed E-state index contributed by atoms with van der Waals surface area (Å²) in [4.78, 5) is 13.2. The highest BCUT2D eigenvalue weighted by Gasteiger charge is 2.10. The number of ether oxygens (including phenoxy) is 1. The fraction of sp³-hybridized carbons (Fsp3) is 0.192. The molecule has 1 heterocycles. The number of nitrogens with one attached hydrogen (secondary N) is 1. The van der Waals surface area contributed by atoms with E-state index < -0.39 is 0 Å². The van der Waals surface area contributed by atoms with E-state index in [9.17, 15) is 4.79 Å². The molecule has 6 heteroatoms. The SMILES string of the molecule is C=C(/C=C\C(Cl)=C/C)CNCc1cc2ccc(Cl)cc2n(CCOc2ccccc2)c1=O. The summed E-state index contributed by atoms with van der Waals surface area (Å²) in [6.45, 7) is 7.63. The Labute approximate surface area is 198 Å². The van der Waals surface area contributed by atoms with Crippen LogP contribution in [0.5, 0.6) is 5.75 Å². The van der Waals surface area contributed by atoms with E-state index in [4.69, 9.17) is 27.9 Å². The fourth-order valence-electron chi connectivity index (χ4n) is 3.24. The molecular weight excluding hydrogens is 443 g/mol. The van der Waals surface area contributed by atoms with Crippen LogP contribution in [0.15, 0.2) is 94.8 Å². The zero-order chi connectivity index (χ0) is 22.9. The molecule has 0 aliphatic carbocycles. The van der Waals surface area contributed by atoms with Crippen molar-refractivity contribution in [3.63, 3.8) is 0 Å². The Morgan fingerprint density at radius 1 is 1.16 bits per heavy atom. The predicted molar refractivity (Wildman–Crippen MR) is 135 cm³/mol. The summed E-state index contributed by atoms with van der Waals surface area (Å²) in [7, 11) is 0. The van der Waals surface area contributed by atoms with E-state index >= 15 is 0 Å². The Hall–Kier alpha value is -2.79. The van der Waals surface area contributed by atoms with E-state index in [0.29, 0.717) is 41.9 Å². The molecule has 0 fully saturated rings. The van der Waals surface area contributed by atoms with Crippen molar-refractivity contribution in [3.8, 4) is 5.75 Å². The van der Waals surface area contributed by atoms with Crippen LogP contribution in [0, 0.1) is 0 Å². The van der Waals surface area contributed by atoms with E-state index in [2.05, 4.69) is 11.9 Å². The number of allylic oxidation sites excluding steroid dienone is 3. The van der Waals surface area contributed by atoms with Gasteiger partial charge < -0.3 is 14.6 Å². The first kappa shape index (κ1) is 23.9. The Morgan fingerprint density at radius 3 is 2.69 bits per heavy atom. The largest absolute Gasteiger partial charge is 0.492 e. The number of hydrogen-bond acceptors (Lipinski definition) is 3. The molecule has 0 aliphatic heterocycles. The molecule has 2 aromatic carbocycles. The second kappa shape index (κ2) is 11.7. The van der Waals surface area contributed by atoms with Crippen LogP contribution in [0.2, 0.25) is 5.02 Å². The molecule has 32 heavy (non-hydrogen) atoms. The lowest BCUT2D eigenvalue weighted by atomic mass is 10.1. The minimum absolute atomic E-state index is 0.0676. The van der Waals surface area contributed by atoms with E-state index in [1.807, 2.05) is 73.7 Å². The molecule has 0 bridgehead atoms. The van der Waals surface area contributed by atoms with Crippen LogP contribution < -0.4 is 15.6 Å². The van der Waals surface area contributed by atoms with Gasteiger partial charge in [0.05, 0.1) is 12.1 Å². The van der Waals surface area contributed by atoms with E-state index in [-0.39, 0.29) is 5.56 Å². The number of nitrogens with zero attached hydrogens (tertiary/aromatic N) is 1. The first-order chi connectivity index (χ1) is 15.5. The lowest BCUT2D eigenvalue weighted by Crippen LogP contribution is -2.29. The number of aromatic nitrogens is 1. The minimum Gasteiger partial charge on any atom is -0.492 e. The van der Waals surface area contributed by atoms with Gasteiger partial charge in [0.25, 0.3) is 5.56 Å². The van der Waals surface area contributed by atoms with Crippen molar-refractivity contribution in [1.29, 1.82) is 0 Å². The summed E-state index contributed by atoms with van der Waals surface area (Å²) in [5, 5.41) is 5.47. The van der Waals surface area contributed by atoms with E-state index in [0.717, 1.165) is 22.2 Å².